The van der Waals surface area contributed by atoms with Crippen molar-refractivity contribution in [3.63, 3.8) is 0 Å². The molecule has 2 rings (SSSR count). The van der Waals surface area contributed by atoms with Crippen LogP contribution in [0.25, 0.3) is 0 Å². The quantitative estimate of drug-likeness (QED) is 0.100. The van der Waals surface area contributed by atoms with Crippen LogP contribution < -0.4 is 0 Å². The maximum Gasteiger partial charge on any atom is 0.0107 e. The fourth-order valence-corrected chi connectivity index (χ4v) is 5.66. The molecular formula is C29H50S4. The van der Waals surface area contributed by atoms with Gasteiger partial charge in [0.1, 0.15) is 0 Å². The van der Waals surface area contributed by atoms with Gasteiger partial charge in [0, 0.05) is 4.90 Å². The van der Waals surface area contributed by atoms with Gasteiger partial charge in [-0.25, -0.2) is 0 Å². The van der Waals surface area contributed by atoms with E-state index < -0.39 is 0 Å². The summed E-state index contributed by atoms with van der Waals surface area (Å²) in [4.78, 5) is 1.46. The molecule has 0 bridgehead atoms. The summed E-state index contributed by atoms with van der Waals surface area (Å²) in [6.07, 6.45) is 11.1. The molecule has 1 aliphatic rings. The highest BCUT2D eigenvalue weighted by atomic mass is 32.2. The molecule has 0 amide bonds. The topological polar surface area (TPSA) is 0 Å². The summed E-state index contributed by atoms with van der Waals surface area (Å²) >= 11 is 11.9. The molecule has 0 N–H and O–H groups in total. The Kier molecular flexibility index (Phi) is 26.5. The van der Waals surface area contributed by atoms with Crippen molar-refractivity contribution in [2.24, 2.45) is 11.8 Å². The van der Waals surface area contributed by atoms with E-state index in [0.717, 1.165) is 17.4 Å². The molecule has 0 saturated heterocycles. The molecule has 3 atom stereocenters. The van der Waals surface area contributed by atoms with E-state index >= 15 is 0 Å². The van der Waals surface area contributed by atoms with Crippen LogP contribution in [0.2, 0.25) is 0 Å². The largest absolute Gasteiger partial charge is 0.179 e. The van der Waals surface area contributed by atoms with Crippen LogP contribution in [0.15, 0.2) is 53.5 Å². The SMILES string of the molecule is C=C1CCC(/C=C/C(C)CC(C)c2ccccc2SCC)C1.C=S.CC.CCSCCCS. The van der Waals surface area contributed by atoms with Gasteiger partial charge < -0.3 is 0 Å². The van der Waals surface area contributed by atoms with E-state index in [1.807, 2.05) is 37.4 Å². The van der Waals surface area contributed by atoms with Gasteiger partial charge in [-0.15, -0.1) is 11.8 Å². The third-order valence-electron chi connectivity index (χ3n) is 5.26. The predicted octanol–water partition coefficient (Wildman–Crippen LogP) is 10.5. The van der Waals surface area contributed by atoms with Crippen molar-refractivity contribution in [1.82, 2.24) is 0 Å². The highest BCUT2D eigenvalue weighted by molar-refractivity contribution is 7.99. The van der Waals surface area contributed by atoms with Gasteiger partial charge in [-0.1, -0.05) is 96.3 Å². The number of thiol groups is 1. The van der Waals surface area contributed by atoms with Gasteiger partial charge in [-0.05, 0) is 90.4 Å². The molecule has 1 fully saturated rings. The minimum atomic E-state index is 0.619. The Hall–Kier alpha value is -0.160. The second-order valence-corrected chi connectivity index (χ2v) is 11.1. The Morgan fingerprint density at radius 1 is 1.15 bits per heavy atom. The molecule has 4 heteroatoms. The van der Waals surface area contributed by atoms with Crippen molar-refractivity contribution in [2.45, 2.75) is 84.5 Å². The minimum Gasteiger partial charge on any atom is -0.179 e. The summed E-state index contributed by atoms with van der Waals surface area (Å²) in [5, 5.41) is 0. The van der Waals surface area contributed by atoms with Crippen molar-refractivity contribution < 1.29 is 0 Å². The van der Waals surface area contributed by atoms with Gasteiger partial charge in [-0.2, -0.15) is 24.4 Å². The van der Waals surface area contributed by atoms with E-state index in [0.29, 0.717) is 11.8 Å². The first-order chi connectivity index (χ1) is 16.0. The summed E-state index contributed by atoms with van der Waals surface area (Å²) in [5.41, 5.74) is 2.95. The van der Waals surface area contributed by atoms with E-state index in [1.165, 1.54) is 59.6 Å². The van der Waals surface area contributed by atoms with Crippen LogP contribution in [-0.2, 0) is 0 Å². The molecule has 0 heterocycles. The zero-order valence-electron chi connectivity index (χ0n) is 22.1. The standard InChI is InChI=1S/C21H30S.C5H12S2.C2H6.CH2S/c1-5-22-21-9-7-6-8-20(21)18(4)14-16(2)10-12-19-13-11-17(3)15-19;1-2-7-5-3-4-6;2*1-2/h6-10,12,16,18-19H,3,5,11,13-15H2,1-2,4H3;6H,2-5H2,1H3;1-2H3;1H2/b12-10+;;;. The first-order valence-corrected chi connectivity index (χ1v) is 15.9. The Morgan fingerprint density at radius 3 is 2.36 bits per heavy atom. The molecule has 33 heavy (non-hydrogen) atoms. The van der Waals surface area contributed by atoms with Crippen LogP contribution in [0.4, 0.5) is 0 Å². The number of allylic oxidation sites excluding steroid dienone is 3. The van der Waals surface area contributed by atoms with Gasteiger partial charge in [0.2, 0.25) is 0 Å². The highest BCUT2D eigenvalue weighted by Gasteiger charge is 2.16. The molecule has 0 aliphatic heterocycles. The van der Waals surface area contributed by atoms with Crippen molar-refractivity contribution in [3.05, 3.63) is 54.1 Å². The van der Waals surface area contributed by atoms with Crippen LogP contribution in [0.3, 0.4) is 0 Å². The van der Waals surface area contributed by atoms with Crippen LogP contribution >= 0.6 is 48.4 Å². The molecular weight excluding hydrogens is 477 g/mol. The Bertz CT molecular complexity index is 607. The average molecular weight is 527 g/mol. The van der Waals surface area contributed by atoms with E-state index in [9.17, 15) is 0 Å². The van der Waals surface area contributed by atoms with Crippen LogP contribution in [-0.4, -0.2) is 28.9 Å². The van der Waals surface area contributed by atoms with Gasteiger partial charge in [0.05, 0.1) is 0 Å². The molecule has 1 saturated carbocycles. The summed E-state index contributed by atoms with van der Waals surface area (Å²) in [7, 11) is 0. The van der Waals surface area contributed by atoms with E-state index in [2.05, 4.69) is 101 Å². The first kappa shape index (κ1) is 35.0. The Balaban J connectivity index is 0. The zero-order valence-corrected chi connectivity index (χ0v) is 25.5. The van der Waals surface area contributed by atoms with Gasteiger partial charge in [0.25, 0.3) is 0 Å². The molecule has 0 radical (unpaired) electrons. The highest BCUT2D eigenvalue weighted by Crippen LogP contribution is 2.33. The van der Waals surface area contributed by atoms with Gasteiger partial charge >= 0.3 is 0 Å². The second-order valence-electron chi connectivity index (χ2n) is 8.00. The Morgan fingerprint density at radius 2 is 1.82 bits per heavy atom. The lowest BCUT2D eigenvalue weighted by atomic mass is 9.90. The molecule has 3 unspecified atom stereocenters. The predicted molar refractivity (Wildman–Crippen MR) is 168 cm³/mol. The number of thiocarbonyl (C=S) groups is 1. The lowest BCUT2D eigenvalue weighted by Gasteiger charge is -2.18. The molecule has 0 spiro atoms. The maximum absolute atomic E-state index is 4.11. The average Bonchev–Trinajstić information content (AvgIpc) is 3.27. The summed E-state index contributed by atoms with van der Waals surface area (Å²) in [6.45, 7) is 17.2. The van der Waals surface area contributed by atoms with Crippen molar-refractivity contribution in [2.75, 3.05) is 23.0 Å². The Labute approximate surface area is 226 Å². The van der Waals surface area contributed by atoms with E-state index in [-0.39, 0.29) is 0 Å². The lowest BCUT2D eigenvalue weighted by Crippen LogP contribution is -2.02. The fraction of sp³-hybridized carbons (Fsp3) is 0.621. The van der Waals surface area contributed by atoms with Crippen LogP contribution in [0.1, 0.15) is 85.1 Å². The van der Waals surface area contributed by atoms with Crippen molar-refractivity contribution in [1.29, 1.82) is 0 Å². The summed E-state index contributed by atoms with van der Waals surface area (Å²) < 4.78 is 0. The summed E-state index contributed by atoms with van der Waals surface area (Å²) in [6, 6.07) is 8.91. The van der Waals surface area contributed by atoms with Gasteiger partial charge in [-0.3, -0.25) is 0 Å². The number of hydrogen-bond acceptors (Lipinski definition) is 4. The molecule has 1 aromatic carbocycles. The number of hydrogen-bond donors (Lipinski definition) is 1. The monoisotopic (exact) mass is 526 g/mol. The number of rotatable bonds is 11. The first-order valence-electron chi connectivity index (χ1n) is 12.6. The van der Waals surface area contributed by atoms with Crippen molar-refractivity contribution >= 4 is 54.2 Å². The molecule has 190 valence electrons. The maximum atomic E-state index is 4.11. The molecule has 0 nitrogen and oxygen atoms in total. The minimum absolute atomic E-state index is 0.619. The van der Waals surface area contributed by atoms with Crippen molar-refractivity contribution in [3.8, 4) is 0 Å². The number of benzene rings is 1. The van der Waals surface area contributed by atoms with E-state index in [4.69, 9.17) is 0 Å². The number of thioether (sulfide) groups is 2. The lowest BCUT2D eigenvalue weighted by molar-refractivity contribution is 0.556. The fourth-order valence-electron chi connectivity index (χ4n) is 3.72. The third kappa shape index (κ3) is 17.9. The van der Waals surface area contributed by atoms with Crippen LogP contribution in [0.5, 0.6) is 0 Å². The molecule has 1 aromatic rings. The zero-order chi connectivity index (χ0) is 25.5. The summed E-state index contributed by atoms with van der Waals surface area (Å²) in [5.74, 6) is 9.54. The van der Waals surface area contributed by atoms with E-state index in [1.54, 1.807) is 0 Å². The second kappa shape index (κ2) is 24.9. The third-order valence-corrected chi connectivity index (χ3v) is 7.53. The molecule has 0 aromatic heterocycles. The molecule has 1 aliphatic carbocycles. The van der Waals surface area contributed by atoms with Gasteiger partial charge in [0.15, 0.2) is 0 Å². The normalized spacial score (nSPS) is 16.6. The van der Waals surface area contributed by atoms with Crippen LogP contribution in [0, 0.1) is 11.8 Å². The smallest absolute Gasteiger partial charge is 0.0107 e.